The summed E-state index contributed by atoms with van der Waals surface area (Å²) < 4.78 is 11.0. The minimum atomic E-state index is -0.512. The molecule has 9 nitrogen and oxygen atoms in total. The van der Waals surface area contributed by atoms with Gasteiger partial charge in [-0.05, 0) is 41.5 Å². The lowest BCUT2D eigenvalue weighted by molar-refractivity contribution is 0.0812. The first-order chi connectivity index (χ1) is 21.2. The summed E-state index contributed by atoms with van der Waals surface area (Å²) >= 11 is 2.89. The summed E-state index contributed by atoms with van der Waals surface area (Å²) in [5.74, 6) is 0. The molecule has 2 aromatic heterocycles. The van der Waals surface area contributed by atoms with E-state index in [1.165, 1.54) is 22.7 Å². The fourth-order valence-electron chi connectivity index (χ4n) is 5.25. The van der Waals surface area contributed by atoms with Gasteiger partial charge in [0.15, 0.2) is 0 Å². The molecule has 0 saturated heterocycles. The third-order valence-electron chi connectivity index (χ3n) is 7.00. The molecule has 2 heterocycles. The van der Waals surface area contributed by atoms with Gasteiger partial charge in [-0.3, -0.25) is 25.5 Å². The highest BCUT2D eigenvalue weighted by atomic mass is 32.1. The number of carbonyl (C=O) groups excluding carboxylic acids is 2. The quantitative estimate of drug-likeness (QED) is 0.151. The van der Waals surface area contributed by atoms with Crippen LogP contribution in [0.15, 0.2) is 71.9 Å². The average Bonchev–Trinajstić information content (AvgIpc) is 3.72. The molecule has 0 bridgehead atoms. The lowest BCUT2D eigenvalue weighted by Crippen LogP contribution is -2.39. The van der Waals surface area contributed by atoms with Gasteiger partial charge in [0.25, 0.3) is 0 Å². The van der Waals surface area contributed by atoms with Crippen LogP contribution in [0.2, 0.25) is 0 Å². The monoisotopic (exact) mass is 635 g/mol. The van der Waals surface area contributed by atoms with Crippen LogP contribution in [-0.4, -0.2) is 33.6 Å². The maximum absolute atomic E-state index is 12.8. The van der Waals surface area contributed by atoms with Crippen LogP contribution >= 0.6 is 22.7 Å². The minimum absolute atomic E-state index is 0.0348. The molecule has 2 atom stereocenters. The number of anilines is 2. The highest BCUT2D eigenvalue weighted by molar-refractivity contribution is 7.09. The van der Waals surface area contributed by atoms with Crippen molar-refractivity contribution in [2.75, 3.05) is 17.2 Å². The lowest BCUT2D eigenvalue weighted by Gasteiger charge is -2.42. The zero-order chi connectivity index (χ0) is 31.5. The summed E-state index contributed by atoms with van der Waals surface area (Å²) in [4.78, 5) is 38.0. The molecule has 0 aliphatic heterocycles. The molecule has 0 spiro atoms. The Labute approximate surface area is 267 Å². The predicted octanol–water partition coefficient (Wildman–Crippen LogP) is 9.05. The van der Waals surface area contributed by atoms with Crippen molar-refractivity contribution in [3.8, 4) is 0 Å². The Morgan fingerprint density at radius 3 is 1.57 bits per heavy atom. The van der Waals surface area contributed by atoms with Gasteiger partial charge in [-0.25, -0.2) is 9.59 Å². The summed E-state index contributed by atoms with van der Waals surface area (Å²) in [6.45, 7) is 12.1. The van der Waals surface area contributed by atoms with Gasteiger partial charge in [0.05, 0.1) is 20.8 Å². The standard InChI is InChI=1S/C33H41N5O4S2/c1-6-29(25-12-8-10-14-27(25)36-31(39)41-18-23-16-34-21-43-23)38(20-33(3,4)5)30(7-2)26-13-9-11-15-28(26)37-32(40)42-19-24-17-35-22-44-24/h8-17,21-22,29-30H,6-7,18-20H2,1-5H3,(H,36,39)(H,37,40)/t29-,30-/m1/s1. The molecule has 2 amide bonds. The summed E-state index contributed by atoms with van der Waals surface area (Å²) in [5.41, 5.74) is 6.81. The van der Waals surface area contributed by atoms with Crippen LogP contribution in [0.1, 0.15) is 80.4 Å². The van der Waals surface area contributed by atoms with Gasteiger partial charge in [-0.1, -0.05) is 71.0 Å². The first-order valence-electron chi connectivity index (χ1n) is 14.7. The lowest BCUT2D eigenvalue weighted by atomic mass is 9.89. The number of hydrogen-bond donors (Lipinski definition) is 2. The maximum Gasteiger partial charge on any atom is 0.411 e. The molecule has 0 radical (unpaired) electrons. The number of thiazole rings is 2. The number of nitrogens with one attached hydrogen (secondary N) is 2. The van der Waals surface area contributed by atoms with Gasteiger partial charge in [-0.2, -0.15) is 0 Å². The first-order valence-corrected chi connectivity index (χ1v) is 16.5. The van der Waals surface area contributed by atoms with Crippen LogP contribution in [0.4, 0.5) is 21.0 Å². The number of para-hydroxylation sites is 2. The topological polar surface area (TPSA) is 106 Å². The van der Waals surface area contributed by atoms with Gasteiger partial charge < -0.3 is 9.47 Å². The molecule has 0 saturated carbocycles. The third-order valence-corrected chi connectivity index (χ3v) is 8.51. The molecular formula is C33H41N5O4S2. The van der Waals surface area contributed by atoms with E-state index < -0.39 is 12.2 Å². The van der Waals surface area contributed by atoms with Crippen LogP contribution < -0.4 is 10.6 Å². The van der Waals surface area contributed by atoms with E-state index in [1.54, 1.807) is 23.4 Å². The summed E-state index contributed by atoms with van der Waals surface area (Å²) in [6.07, 6.45) is 3.97. The van der Waals surface area contributed by atoms with E-state index in [2.05, 4.69) is 72.3 Å². The molecule has 11 heteroatoms. The number of carbonyl (C=O) groups is 2. The van der Waals surface area contributed by atoms with Crippen LogP contribution in [-0.2, 0) is 22.7 Å². The second-order valence-electron chi connectivity index (χ2n) is 11.6. The molecule has 44 heavy (non-hydrogen) atoms. The zero-order valence-corrected chi connectivity index (χ0v) is 27.5. The molecule has 0 fully saturated rings. The number of hydrogen-bond acceptors (Lipinski definition) is 9. The Morgan fingerprint density at radius 1 is 0.773 bits per heavy atom. The highest BCUT2D eigenvalue weighted by Gasteiger charge is 2.33. The van der Waals surface area contributed by atoms with Crippen LogP contribution in [0.3, 0.4) is 0 Å². The Hall–Kier alpha value is -3.80. The number of ether oxygens (including phenoxy) is 2. The van der Waals surface area contributed by atoms with Crippen molar-refractivity contribution in [1.82, 2.24) is 14.9 Å². The SMILES string of the molecule is CC[C@H](c1ccccc1NC(=O)OCc1cncs1)N(CC(C)(C)C)[C@H](CC)c1ccccc1NC(=O)OCc1cncs1. The summed E-state index contributed by atoms with van der Waals surface area (Å²) in [6, 6.07) is 15.7. The molecule has 0 aliphatic carbocycles. The predicted molar refractivity (Wildman–Crippen MR) is 177 cm³/mol. The van der Waals surface area contributed by atoms with Crippen molar-refractivity contribution in [1.29, 1.82) is 0 Å². The molecule has 0 aliphatic rings. The zero-order valence-electron chi connectivity index (χ0n) is 25.9. The number of rotatable bonds is 13. The van der Waals surface area contributed by atoms with E-state index in [4.69, 9.17) is 9.47 Å². The van der Waals surface area contributed by atoms with Gasteiger partial charge in [0, 0.05) is 42.4 Å². The van der Waals surface area contributed by atoms with Crippen molar-refractivity contribution < 1.29 is 19.1 Å². The van der Waals surface area contributed by atoms with Crippen molar-refractivity contribution in [2.24, 2.45) is 5.41 Å². The number of aromatic nitrogens is 2. The van der Waals surface area contributed by atoms with E-state index in [-0.39, 0.29) is 30.7 Å². The second kappa shape index (κ2) is 15.8. The van der Waals surface area contributed by atoms with Crippen LogP contribution in [0.25, 0.3) is 0 Å². The number of benzene rings is 2. The Morgan fingerprint density at radius 2 is 1.20 bits per heavy atom. The highest BCUT2D eigenvalue weighted by Crippen LogP contribution is 2.41. The normalized spacial score (nSPS) is 12.9. The number of amides is 2. The average molecular weight is 636 g/mol. The molecule has 2 N–H and O–H groups in total. The van der Waals surface area contributed by atoms with Crippen molar-refractivity contribution in [2.45, 2.75) is 72.8 Å². The largest absolute Gasteiger partial charge is 0.444 e. The van der Waals surface area contributed by atoms with E-state index in [9.17, 15) is 9.59 Å². The number of nitrogens with zero attached hydrogens (tertiary/aromatic N) is 3. The third kappa shape index (κ3) is 9.35. The maximum atomic E-state index is 12.8. The van der Waals surface area contributed by atoms with Gasteiger partial charge in [0.2, 0.25) is 0 Å². The summed E-state index contributed by atoms with van der Waals surface area (Å²) in [5, 5.41) is 5.97. The van der Waals surface area contributed by atoms with E-state index in [0.29, 0.717) is 11.4 Å². The minimum Gasteiger partial charge on any atom is -0.444 e. The Balaban J connectivity index is 1.61. The molecular weight excluding hydrogens is 595 g/mol. The Bertz CT molecular complexity index is 1370. The fourth-order valence-corrected chi connectivity index (χ4v) is 6.26. The molecule has 234 valence electrons. The van der Waals surface area contributed by atoms with E-state index in [0.717, 1.165) is 40.3 Å². The summed E-state index contributed by atoms with van der Waals surface area (Å²) in [7, 11) is 0. The second-order valence-corrected chi connectivity index (χ2v) is 13.5. The van der Waals surface area contributed by atoms with Crippen molar-refractivity contribution in [3.05, 3.63) is 92.8 Å². The molecule has 4 aromatic rings. The van der Waals surface area contributed by atoms with Crippen LogP contribution in [0.5, 0.6) is 0 Å². The van der Waals surface area contributed by atoms with E-state index >= 15 is 0 Å². The van der Waals surface area contributed by atoms with Crippen molar-refractivity contribution in [3.63, 3.8) is 0 Å². The molecule has 0 unspecified atom stereocenters. The smallest absolute Gasteiger partial charge is 0.411 e. The van der Waals surface area contributed by atoms with E-state index in [1.807, 2.05) is 36.4 Å². The Kier molecular flexibility index (Phi) is 11.9. The fraction of sp³-hybridized carbons (Fsp3) is 0.394. The van der Waals surface area contributed by atoms with Gasteiger partial charge in [0.1, 0.15) is 13.2 Å². The molecule has 2 aromatic carbocycles. The van der Waals surface area contributed by atoms with Gasteiger partial charge >= 0.3 is 12.2 Å². The van der Waals surface area contributed by atoms with Crippen LogP contribution in [0, 0.1) is 5.41 Å². The van der Waals surface area contributed by atoms with Crippen molar-refractivity contribution >= 4 is 46.2 Å². The molecule has 4 rings (SSSR count). The first kappa shape index (κ1) is 33.1. The van der Waals surface area contributed by atoms with Gasteiger partial charge in [-0.15, -0.1) is 22.7 Å².